The van der Waals surface area contributed by atoms with Gasteiger partial charge in [0.15, 0.2) is 5.92 Å². The first-order valence-corrected chi connectivity index (χ1v) is 5.32. The Morgan fingerprint density at radius 2 is 1.21 bits per heavy atom. The second kappa shape index (κ2) is 4.43. The van der Waals surface area contributed by atoms with Gasteiger partial charge in [-0.3, -0.25) is 0 Å². The molecule has 6 heteroatoms. The molecule has 0 aromatic heterocycles. The van der Waals surface area contributed by atoms with E-state index in [9.17, 15) is 26.3 Å². The van der Waals surface area contributed by atoms with Crippen LogP contribution in [0, 0.1) is 0 Å². The monoisotopic (exact) mass is 278 g/mol. The Morgan fingerprint density at radius 3 is 1.74 bits per heavy atom. The van der Waals surface area contributed by atoms with Gasteiger partial charge in [-0.1, -0.05) is 42.5 Å². The van der Waals surface area contributed by atoms with Gasteiger partial charge in [-0.05, 0) is 16.3 Å². The SMILES string of the molecule is FC(F)(F)C(c1ccc2ccccc2c1)C(F)(F)F. The Balaban J connectivity index is 2.57. The summed E-state index contributed by atoms with van der Waals surface area (Å²) in [6.07, 6.45) is -10.7. The molecule has 0 atom stereocenters. The minimum atomic E-state index is -5.36. The third-order valence-electron chi connectivity index (χ3n) is 2.76. The van der Waals surface area contributed by atoms with E-state index in [1.807, 2.05) is 0 Å². The predicted molar refractivity (Wildman–Crippen MR) is 58.8 cm³/mol. The maximum atomic E-state index is 12.6. The van der Waals surface area contributed by atoms with Crippen molar-refractivity contribution < 1.29 is 26.3 Å². The summed E-state index contributed by atoms with van der Waals surface area (Å²) in [7, 11) is 0. The number of rotatable bonds is 1. The molecule has 0 spiro atoms. The number of halogens is 6. The molecule has 0 aliphatic rings. The van der Waals surface area contributed by atoms with Crippen molar-refractivity contribution in [2.75, 3.05) is 0 Å². The lowest BCUT2D eigenvalue weighted by atomic mass is 9.95. The van der Waals surface area contributed by atoms with Crippen molar-refractivity contribution in [1.29, 1.82) is 0 Å². The summed E-state index contributed by atoms with van der Waals surface area (Å²) in [5.74, 6) is -3.45. The zero-order valence-corrected chi connectivity index (χ0v) is 9.39. The standard InChI is InChI=1S/C13H8F6/c14-12(15,16)11(13(17,18)19)10-6-5-8-3-1-2-4-9(8)7-10/h1-7,11H. The second-order valence-electron chi connectivity index (χ2n) is 4.12. The Kier molecular flexibility index (Phi) is 3.20. The molecule has 2 aromatic rings. The van der Waals surface area contributed by atoms with Crippen molar-refractivity contribution in [1.82, 2.24) is 0 Å². The fraction of sp³-hybridized carbons (Fsp3) is 0.231. The first-order chi connectivity index (χ1) is 8.69. The molecule has 2 aromatic carbocycles. The summed E-state index contributed by atoms with van der Waals surface area (Å²) >= 11 is 0. The molecule has 0 heterocycles. The Bertz CT molecular complexity index is 567. The van der Waals surface area contributed by atoms with E-state index in [0.29, 0.717) is 10.8 Å². The Morgan fingerprint density at radius 1 is 0.684 bits per heavy atom. The van der Waals surface area contributed by atoms with Gasteiger partial charge in [0.1, 0.15) is 0 Å². The highest BCUT2D eigenvalue weighted by atomic mass is 19.4. The van der Waals surface area contributed by atoms with E-state index in [-0.39, 0.29) is 0 Å². The van der Waals surface area contributed by atoms with Gasteiger partial charge in [0.05, 0.1) is 0 Å². The van der Waals surface area contributed by atoms with Crippen molar-refractivity contribution in [3.05, 3.63) is 48.0 Å². The van der Waals surface area contributed by atoms with E-state index < -0.39 is 23.8 Å². The molecular weight excluding hydrogens is 270 g/mol. The van der Waals surface area contributed by atoms with E-state index in [4.69, 9.17) is 0 Å². The minimum Gasteiger partial charge on any atom is -0.170 e. The van der Waals surface area contributed by atoms with Gasteiger partial charge in [-0.2, -0.15) is 26.3 Å². The van der Waals surface area contributed by atoms with Gasteiger partial charge in [-0.15, -0.1) is 0 Å². The molecule has 0 saturated heterocycles. The molecule has 0 saturated carbocycles. The summed E-state index contributed by atoms with van der Waals surface area (Å²) in [6, 6.07) is 9.37. The third-order valence-corrected chi connectivity index (χ3v) is 2.76. The molecule has 0 unspecified atom stereocenters. The highest BCUT2D eigenvalue weighted by Crippen LogP contribution is 2.46. The number of alkyl halides is 6. The molecule has 0 radical (unpaired) electrons. The Labute approximate surface area is 104 Å². The van der Waals surface area contributed by atoms with Crippen LogP contribution in [0.5, 0.6) is 0 Å². The third kappa shape index (κ3) is 2.83. The van der Waals surface area contributed by atoms with E-state index in [2.05, 4.69) is 0 Å². The summed E-state index contributed by atoms with van der Waals surface area (Å²) in [5.41, 5.74) is -0.793. The smallest absolute Gasteiger partial charge is 0.170 e. The van der Waals surface area contributed by atoms with Crippen LogP contribution >= 0.6 is 0 Å². The van der Waals surface area contributed by atoms with Gasteiger partial charge in [0, 0.05) is 0 Å². The number of hydrogen-bond acceptors (Lipinski definition) is 0. The van der Waals surface area contributed by atoms with Crippen LogP contribution in [-0.2, 0) is 0 Å². The average Bonchev–Trinajstić information content (AvgIpc) is 2.25. The number of benzene rings is 2. The fourth-order valence-corrected chi connectivity index (χ4v) is 1.95. The summed E-state index contributed by atoms with van der Waals surface area (Å²) in [4.78, 5) is 0. The van der Waals surface area contributed by atoms with Gasteiger partial charge < -0.3 is 0 Å². The van der Waals surface area contributed by atoms with Crippen molar-refractivity contribution >= 4 is 10.8 Å². The molecule has 102 valence electrons. The first-order valence-electron chi connectivity index (χ1n) is 5.32. The summed E-state index contributed by atoms with van der Waals surface area (Å²) < 4.78 is 75.5. The molecule has 0 aliphatic heterocycles. The van der Waals surface area contributed by atoms with Crippen LogP contribution in [0.3, 0.4) is 0 Å². The summed E-state index contributed by atoms with van der Waals surface area (Å²) in [5, 5.41) is 0.938. The zero-order valence-electron chi connectivity index (χ0n) is 9.39. The molecular formula is C13H8F6. The van der Waals surface area contributed by atoms with Crippen molar-refractivity contribution in [2.45, 2.75) is 18.3 Å². The van der Waals surface area contributed by atoms with Crippen molar-refractivity contribution in [2.24, 2.45) is 0 Å². The molecule has 0 aliphatic carbocycles. The second-order valence-corrected chi connectivity index (χ2v) is 4.12. The lowest BCUT2D eigenvalue weighted by Gasteiger charge is -2.23. The lowest BCUT2D eigenvalue weighted by molar-refractivity contribution is -0.253. The van der Waals surface area contributed by atoms with Gasteiger partial charge in [0.25, 0.3) is 0 Å². The molecule has 0 amide bonds. The maximum Gasteiger partial charge on any atom is 0.404 e. The molecule has 19 heavy (non-hydrogen) atoms. The number of hydrogen-bond donors (Lipinski definition) is 0. The van der Waals surface area contributed by atoms with Crippen molar-refractivity contribution in [3.8, 4) is 0 Å². The largest absolute Gasteiger partial charge is 0.404 e. The Hall–Kier alpha value is -1.72. The molecule has 0 fully saturated rings. The normalized spacial score (nSPS) is 13.2. The molecule has 0 N–H and O–H groups in total. The van der Waals surface area contributed by atoms with E-state index in [1.165, 1.54) is 12.1 Å². The van der Waals surface area contributed by atoms with Gasteiger partial charge in [-0.25, -0.2) is 0 Å². The predicted octanol–water partition coefficient (Wildman–Crippen LogP) is 5.05. The van der Waals surface area contributed by atoms with Crippen LogP contribution in [0.25, 0.3) is 10.8 Å². The van der Waals surface area contributed by atoms with E-state index in [0.717, 1.165) is 12.1 Å². The highest BCUT2D eigenvalue weighted by molar-refractivity contribution is 5.83. The van der Waals surface area contributed by atoms with Crippen LogP contribution in [0.2, 0.25) is 0 Å². The minimum absolute atomic E-state index is 0.346. The maximum absolute atomic E-state index is 12.6. The van der Waals surface area contributed by atoms with E-state index in [1.54, 1.807) is 18.2 Å². The van der Waals surface area contributed by atoms with Crippen LogP contribution in [-0.4, -0.2) is 12.4 Å². The summed E-state index contributed by atoms with van der Waals surface area (Å²) in [6.45, 7) is 0. The lowest BCUT2D eigenvalue weighted by Crippen LogP contribution is -2.34. The van der Waals surface area contributed by atoms with Crippen molar-refractivity contribution in [3.63, 3.8) is 0 Å². The van der Waals surface area contributed by atoms with Crippen LogP contribution in [0.1, 0.15) is 11.5 Å². The fourth-order valence-electron chi connectivity index (χ4n) is 1.95. The zero-order chi connectivity index (χ0) is 14.3. The van der Waals surface area contributed by atoms with Crippen LogP contribution in [0.15, 0.2) is 42.5 Å². The molecule has 0 bridgehead atoms. The first kappa shape index (κ1) is 13.7. The van der Waals surface area contributed by atoms with Crippen LogP contribution in [0.4, 0.5) is 26.3 Å². The van der Waals surface area contributed by atoms with E-state index >= 15 is 0 Å². The molecule has 0 nitrogen and oxygen atoms in total. The molecule has 2 rings (SSSR count). The van der Waals surface area contributed by atoms with Gasteiger partial charge in [0.2, 0.25) is 0 Å². The quantitative estimate of drug-likeness (QED) is 0.640. The van der Waals surface area contributed by atoms with Gasteiger partial charge >= 0.3 is 12.4 Å². The van der Waals surface area contributed by atoms with Crippen LogP contribution < -0.4 is 0 Å². The highest BCUT2D eigenvalue weighted by Gasteiger charge is 2.57. The topological polar surface area (TPSA) is 0 Å². The number of fused-ring (bicyclic) bond motifs is 1. The average molecular weight is 278 g/mol.